The maximum atomic E-state index is 12.8. The second kappa shape index (κ2) is 8.16. The largest absolute Gasteiger partial charge is 0.479 e. The SMILES string of the molecule is COc1nn(C)cc1C(=O)N1CCC(COc2cc3c(nn2)CCCC3)CC1. The van der Waals surface area contributed by atoms with Crippen molar-refractivity contribution in [1.29, 1.82) is 0 Å². The molecule has 4 rings (SSSR count). The highest BCUT2D eigenvalue weighted by atomic mass is 16.5. The zero-order valence-corrected chi connectivity index (χ0v) is 16.6. The smallest absolute Gasteiger partial charge is 0.260 e. The Morgan fingerprint density at radius 3 is 2.79 bits per heavy atom. The Kier molecular flexibility index (Phi) is 5.45. The van der Waals surface area contributed by atoms with Gasteiger partial charge in [0, 0.05) is 32.4 Å². The molecule has 0 aromatic carbocycles. The summed E-state index contributed by atoms with van der Waals surface area (Å²) in [5.74, 6) is 1.39. The van der Waals surface area contributed by atoms with E-state index in [0.717, 1.165) is 31.4 Å². The summed E-state index contributed by atoms with van der Waals surface area (Å²) in [5, 5.41) is 12.7. The van der Waals surface area contributed by atoms with Gasteiger partial charge in [-0.3, -0.25) is 9.48 Å². The molecule has 2 aromatic heterocycles. The molecule has 28 heavy (non-hydrogen) atoms. The van der Waals surface area contributed by atoms with Crippen LogP contribution >= 0.6 is 0 Å². The van der Waals surface area contributed by atoms with Gasteiger partial charge in [0.15, 0.2) is 0 Å². The first-order chi connectivity index (χ1) is 13.6. The molecule has 8 nitrogen and oxygen atoms in total. The fraction of sp³-hybridized carbons (Fsp3) is 0.600. The van der Waals surface area contributed by atoms with Crippen molar-refractivity contribution in [3.05, 3.63) is 29.1 Å². The summed E-state index contributed by atoms with van der Waals surface area (Å²) >= 11 is 0. The lowest BCUT2D eigenvalue weighted by Gasteiger charge is -2.31. The summed E-state index contributed by atoms with van der Waals surface area (Å²) in [7, 11) is 3.32. The van der Waals surface area contributed by atoms with Crippen LogP contribution in [0.4, 0.5) is 0 Å². The summed E-state index contributed by atoms with van der Waals surface area (Å²) in [5.41, 5.74) is 2.92. The third kappa shape index (κ3) is 3.95. The molecule has 0 N–H and O–H groups in total. The molecule has 0 radical (unpaired) electrons. The average molecular weight is 385 g/mol. The Balaban J connectivity index is 1.29. The lowest BCUT2D eigenvalue weighted by molar-refractivity contribution is 0.0655. The van der Waals surface area contributed by atoms with Crippen molar-refractivity contribution in [1.82, 2.24) is 24.9 Å². The van der Waals surface area contributed by atoms with E-state index in [0.29, 0.717) is 42.9 Å². The van der Waals surface area contributed by atoms with Gasteiger partial charge < -0.3 is 14.4 Å². The second-order valence-electron chi connectivity index (χ2n) is 7.63. The zero-order valence-electron chi connectivity index (χ0n) is 16.6. The van der Waals surface area contributed by atoms with E-state index in [2.05, 4.69) is 21.4 Å². The van der Waals surface area contributed by atoms with Crippen LogP contribution in [0, 0.1) is 5.92 Å². The Morgan fingerprint density at radius 2 is 2.00 bits per heavy atom. The van der Waals surface area contributed by atoms with Gasteiger partial charge in [0.1, 0.15) is 5.56 Å². The lowest BCUT2D eigenvalue weighted by atomic mass is 9.96. The van der Waals surface area contributed by atoms with E-state index in [-0.39, 0.29) is 5.91 Å². The predicted molar refractivity (Wildman–Crippen MR) is 103 cm³/mol. The standard InChI is InChI=1S/C20H27N5O3/c1-24-12-16(19(23-24)27-2)20(26)25-9-7-14(8-10-25)13-28-18-11-15-5-3-4-6-17(15)21-22-18/h11-12,14H,3-10,13H2,1-2H3. The van der Waals surface area contributed by atoms with Crippen molar-refractivity contribution >= 4 is 5.91 Å². The van der Waals surface area contributed by atoms with Gasteiger partial charge in [0.25, 0.3) is 5.91 Å². The zero-order chi connectivity index (χ0) is 19.5. The van der Waals surface area contributed by atoms with E-state index in [1.807, 2.05) is 4.90 Å². The Bertz CT molecular complexity index is 842. The van der Waals surface area contributed by atoms with Crippen molar-refractivity contribution in [2.24, 2.45) is 13.0 Å². The molecule has 1 fully saturated rings. The molecule has 3 heterocycles. The number of carbonyl (C=O) groups excluding carboxylic acids is 1. The number of rotatable bonds is 5. The summed E-state index contributed by atoms with van der Waals surface area (Å²) in [6, 6.07) is 2.05. The number of piperidine rings is 1. The van der Waals surface area contributed by atoms with Gasteiger partial charge >= 0.3 is 0 Å². The molecule has 150 valence electrons. The van der Waals surface area contributed by atoms with E-state index < -0.39 is 0 Å². The fourth-order valence-corrected chi connectivity index (χ4v) is 3.98. The van der Waals surface area contributed by atoms with E-state index in [9.17, 15) is 4.79 Å². The number of hydrogen-bond donors (Lipinski definition) is 0. The number of methoxy groups -OCH3 is 1. The van der Waals surface area contributed by atoms with Crippen LogP contribution in [0.25, 0.3) is 0 Å². The predicted octanol–water partition coefficient (Wildman–Crippen LogP) is 2.03. The molecular weight excluding hydrogens is 358 g/mol. The average Bonchev–Trinajstić information content (AvgIpc) is 3.12. The number of fused-ring (bicyclic) bond motifs is 1. The number of aryl methyl sites for hydroxylation is 3. The first-order valence-electron chi connectivity index (χ1n) is 9.99. The summed E-state index contributed by atoms with van der Waals surface area (Å²) in [4.78, 5) is 14.6. The van der Waals surface area contributed by atoms with Gasteiger partial charge in [-0.25, -0.2) is 0 Å². The molecule has 0 saturated carbocycles. The number of nitrogens with zero attached hydrogens (tertiary/aromatic N) is 5. The van der Waals surface area contributed by atoms with Gasteiger partial charge in [-0.2, -0.15) is 5.10 Å². The number of carbonyl (C=O) groups is 1. The summed E-state index contributed by atoms with van der Waals surface area (Å²) in [6.45, 7) is 2.03. The minimum atomic E-state index is -0.0233. The highest BCUT2D eigenvalue weighted by Crippen LogP contribution is 2.25. The monoisotopic (exact) mass is 385 g/mol. The molecule has 0 bridgehead atoms. The molecular formula is C20H27N5O3. The van der Waals surface area contributed by atoms with Crippen molar-refractivity contribution in [3.8, 4) is 11.8 Å². The van der Waals surface area contributed by atoms with E-state index >= 15 is 0 Å². The molecule has 0 spiro atoms. The minimum absolute atomic E-state index is 0.0233. The van der Waals surface area contributed by atoms with Crippen LogP contribution in [-0.2, 0) is 19.9 Å². The highest BCUT2D eigenvalue weighted by molar-refractivity contribution is 5.96. The Labute approximate surface area is 164 Å². The molecule has 2 aliphatic rings. The quantitative estimate of drug-likeness (QED) is 0.783. The third-order valence-corrected chi connectivity index (χ3v) is 5.63. The minimum Gasteiger partial charge on any atom is -0.479 e. The van der Waals surface area contributed by atoms with E-state index in [1.54, 1.807) is 17.9 Å². The van der Waals surface area contributed by atoms with Gasteiger partial charge in [-0.1, -0.05) is 0 Å². The molecule has 0 unspecified atom stereocenters. The Hall–Kier alpha value is -2.64. The maximum absolute atomic E-state index is 12.8. The van der Waals surface area contributed by atoms with Crippen LogP contribution in [0.1, 0.15) is 47.3 Å². The van der Waals surface area contributed by atoms with Gasteiger partial charge in [-0.05, 0) is 50.0 Å². The second-order valence-corrected chi connectivity index (χ2v) is 7.63. The van der Waals surface area contributed by atoms with Crippen molar-refractivity contribution in [2.45, 2.75) is 38.5 Å². The molecule has 1 aliphatic carbocycles. The molecule has 1 aliphatic heterocycles. The van der Waals surface area contributed by atoms with Crippen LogP contribution < -0.4 is 9.47 Å². The molecule has 2 aromatic rings. The number of hydrogen-bond acceptors (Lipinski definition) is 6. The maximum Gasteiger partial charge on any atom is 0.260 e. The van der Waals surface area contributed by atoms with Gasteiger partial charge in [0.05, 0.1) is 19.4 Å². The van der Waals surface area contributed by atoms with E-state index in [1.165, 1.54) is 25.5 Å². The Morgan fingerprint density at radius 1 is 1.21 bits per heavy atom. The fourth-order valence-electron chi connectivity index (χ4n) is 3.98. The highest BCUT2D eigenvalue weighted by Gasteiger charge is 2.27. The first-order valence-corrected chi connectivity index (χ1v) is 9.99. The molecule has 1 saturated heterocycles. The lowest BCUT2D eigenvalue weighted by Crippen LogP contribution is -2.39. The van der Waals surface area contributed by atoms with Crippen molar-refractivity contribution in [3.63, 3.8) is 0 Å². The summed E-state index contributed by atoms with van der Waals surface area (Å²) in [6.07, 6.45) is 8.04. The number of likely N-dealkylation sites (tertiary alicyclic amines) is 1. The first kappa shape index (κ1) is 18.7. The van der Waals surface area contributed by atoms with Crippen LogP contribution in [0.15, 0.2) is 12.3 Å². The van der Waals surface area contributed by atoms with Crippen LogP contribution in [0.3, 0.4) is 0 Å². The molecule has 0 atom stereocenters. The van der Waals surface area contributed by atoms with Crippen molar-refractivity contribution in [2.75, 3.05) is 26.8 Å². The number of aromatic nitrogens is 4. The van der Waals surface area contributed by atoms with Crippen LogP contribution in [0.5, 0.6) is 11.8 Å². The van der Waals surface area contributed by atoms with Crippen molar-refractivity contribution < 1.29 is 14.3 Å². The number of amides is 1. The third-order valence-electron chi connectivity index (χ3n) is 5.63. The van der Waals surface area contributed by atoms with Gasteiger partial charge in [0.2, 0.25) is 11.8 Å². The van der Waals surface area contributed by atoms with Crippen LogP contribution in [0.2, 0.25) is 0 Å². The summed E-state index contributed by atoms with van der Waals surface area (Å²) < 4.78 is 12.7. The van der Waals surface area contributed by atoms with Crippen LogP contribution in [-0.4, -0.2) is 57.6 Å². The van der Waals surface area contributed by atoms with Gasteiger partial charge in [-0.15, -0.1) is 10.2 Å². The normalized spacial score (nSPS) is 17.3. The number of ether oxygens (including phenoxy) is 2. The topological polar surface area (TPSA) is 82.4 Å². The molecule has 1 amide bonds. The molecule has 8 heteroatoms. The van der Waals surface area contributed by atoms with E-state index in [4.69, 9.17) is 9.47 Å².